The number of hydrogen-bond acceptors (Lipinski definition) is 8. The van der Waals surface area contributed by atoms with E-state index in [-0.39, 0.29) is 24.5 Å². The maximum Gasteiger partial charge on any atom is 0.323 e. The number of H-pyrrole nitrogens is 1. The molecule has 4 rings (SSSR count). The van der Waals surface area contributed by atoms with E-state index in [1.807, 2.05) is 24.2 Å². The highest BCUT2D eigenvalue weighted by Gasteiger charge is 2.33. The summed E-state index contributed by atoms with van der Waals surface area (Å²) in [5.74, 6) is 0.913. The van der Waals surface area contributed by atoms with E-state index in [0.29, 0.717) is 36.4 Å². The topological polar surface area (TPSA) is 116 Å². The number of nitrogens with one attached hydrogen (secondary N) is 2. The van der Waals surface area contributed by atoms with Crippen molar-refractivity contribution < 1.29 is 14.3 Å². The Balaban J connectivity index is 1.42. The van der Waals surface area contributed by atoms with E-state index in [9.17, 15) is 9.59 Å². The predicted octanol–water partition coefficient (Wildman–Crippen LogP) is 2.90. The summed E-state index contributed by atoms with van der Waals surface area (Å²) >= 11 is 1.30. The molecule has 4 heterocycles. The van der Waals surface area contributed by atoms with Crippen LogP contribution in [0.5, 0.6) is 0 Å². The third-order valence-electron chi connectivity index (χ3n) is 5.77. The molecule has 0 radical (unpaired) electrons. The van der Waals surface area contributed by atoms with Crippen LogP contribution in [0.4, 0.5) is 15.7 Å². The molecule has 1 aliphatic rings. The fourth-order valence-corrected chi connectivity index (χ4v) is 4.71. The van der Waals surface area contributed by atoms with E-state index in [1.54, 1.807) is 18.6 Å². The number of likely N-dealkylation sites (tertiary alicyclic amines) is 1. The molecule has 170 valence electrons. The second-order valence-corrected chi connectivity index (χ2v) is 8.74. The molecule has 1 aliphatic heterocycles. The number of rotatable bonds is 6. The van der Waals surface area contributed by atoms with Gasteiger partial charge in [-0.2, -0.15) is 0 Å². The number of piperidine rings is 1. The Morgan fingerprint density at radius 3 is 3.06 bits per heavy atom. The molecule has 1 saturated heterocycles. The zero-order chi connectivity index (χ0) is 22.7. The number of ether oxygens (including phenoxy) is 1. The number of carbonyl (C=O) groups is 2. The van der Waals surface area contributed by atoms with Gasteiger partial charge in [-0.15, -0.1) is 11.3 Å². The van der Waals surface area contributed by atoms with E-state index < -0.39 is 0 Å². The first-order valence-electron chi connectivity index (χ1n) is 10.6. The van der Waals surface area contributed by atoms with Crippen molar-refractivity contribution in [2.24, 2.45) is 5.92 Å². The highest BCUT2D eigenvalue weighted by molar-refractivity contribution is 7.13. The molecule has 32 heavy (non-hydrogen) atoms. The molecule has 0 bridgehead atoms. The molecule has 3 aromatic rings. The second-order valence-electron chi connectivity index (χ2n) is 7.88. The van der Waals surface area contributed by atoms with Crippen molar-refractivity contribution in [3.8, 4) is 0 Å². The fourth-order valence-electron chi connectivity index (χ4n) is 4.01. The standard InChI is InChI=1S/C21H27N7O3S/c1-4-31-17(29)9-14-11-32-20(25-14)26-21(30)28-8-6-13(2)16(10-28)27(3)19-15-5-7-22-18(15)23-12-24-19/h5,7,11-13,16H,4,6,8-10H2,1-3H3,(H,22,23,24)(H,25,26,30). The summed E-state index contributed by atoms with van der Waals surface area (Å²) in [5.41, 5.74) is 1.38. The molecule has 1 fully saturated rings. The number of urea groups is 1. The van der Waals surface area contributed by atoms with Gasteiger partial charge in [-0.05, 0) is 25.3 Å². The molecule has 2 amide bonds. The molecular weight excluding hydrogens is 430 g/mol. The minimum absolute atomic E-state index is 0.0981. The average Bonchev–Trinajstić information content (AvgIpc) is 3.42. The molecule has 2 atom stereocenters. The summed E-state index contributed by atoms with van der Waals surface area (Å²) in [5, 5.41) is 6.07. The van der Waals surface area contributed by atoms with E-state index in [0.717, 1.165) is 23.3 Å². The number of hydrogen-bond donors (Lipinski definition) is 2. The van der Waals surface area contributed by atoms with E-state index in [1.165, 1.54) is 11.3 Å². The average molecular weight is 458 g/mol. The van der Waals surface area contributed by atoms with Crippen molar-refractivity contribution in [1.29, 1.82) is 0 Å². The van der Waals surface area contributed by atoms with Gasteiger partial charge < -0.3 is 19.5 Å². The zero-order valence-corrected chi connectivity index (χ0v) is 19.2. The van der Waals surface area contributed by atoms with Crippen LogP contribution in [0.2, 0.25) is 0 Å². The van der Waals surface area contributed by atoms with Crippen molar-refractivity contribution >= 4 is 45.3 Å². The van der Waals surface area contributed by atoms with E-state index in [4.69, 9.17) is 4.74 Å². The summed E-state index contributed by atoms with van der Waals surface area (Å²) in [7, 11) is 2.01. The Morgan fingerprint density at radius 1 is 1.41 bits per heavy atom. The van der Waals surface area contributed by atoms with Crippen LogP contribution in [0.3, 0.4) is 0 Å². The molecule has 11 heteroatoms. The number of thiazole rings is 1. The fraction of sp³-hybridized carbons (Fsp3) is 0.476. The summed E-state index contributed by atoms with van der Waals surface area (Å²) in [6.45, 7) is 5.54. The number of aromatic amines is 1. The Bertz CT molecular complexity index is 1100. The maximum absolute atomic E-state index is 12.9. The predicted molar refractivity (Wildman–Crippen MR) is 123 cm³/mol. The Morgan fingerprint density at radius 2 is 2.25 bits per heavy atom. The number of amides is 2. The molecular formula is C21H27N7O3S. The lowest BCUT2D eigenvalue weighted by Gasteiger charge is -2.42. The molecule has 2 N–H and O–H groups in total. The van der Waals surface area contributed by atoms with Gasteiger partial charge in [0.1, 0.15) is 17.8 Å². The van der Waals surface area contributed by atoms with Gasteiger partial charge in [0.2, 0.25) is 0 Å². The summed E-state index contributed by atoms with van der Waals surface area (Å²) < 4.78 is 4.95. The largest absolute Gasteiger partial charge is 0.466 e. The van der Waals surface area contributed by atoms with Gasteiger partial charge in [-0.3, -0.25) is 10.1 Å². The first-order chi connectivity index (χ1) is 15.5. The number of aromatic nitrogens is 4. The quantitative estimate of drug-likeness (QED) is 0.547. The van der Waals surface area contributed by atoms with Crippen molar-refractivity contribution in [3.63, 3.8) is 0 Å². The normalized spacial score (nSPS) is 18.5. The third kappa shape index (κ3) is 4.67. The van der Waals surface area contributed by atoms with E-state index in [2.05, 4.69) is 37.1 Å². The number of likely N-dealkylation sites (N-methyl/N-ethyl adjacent to an activating group) is 1. The van der Waals surface area contributed by atoms with Crippen molar-refractivity contribution in [1.82, 2.24) is 24.8 Å². The molecule has 10 nitrogen and oxygen atoms in total. The van der Waals surface area contributed by atoms with Crippen LogP contribution in [-0.2, 0) is 16.0 Å². The lowest BCUT2D eigenvalue weighted by atomic mass is 9.92. The van der Waals surface area contributed by atoms with Crippen LogP contribution < -0.4 is 10.2 Å². The summed E-state index contributed by atoms with van der Waals surface area (Å²) in [6.07, 6.45) is 4.39. The molecule has 0 aromatic carbocycles. The van der Waals surface area contributed by atoms with Crippen LogP contribution in [0.25, 0.3) is 11.0 Å². The lowest BCUT2D eigenvalue weighted by molar-refractivity contribution is -0.142. The Hall–Kier alpha value is -3.21. The molecule has 0 aliphatic carbocycles. The van der Waals surface area contributed by atoms with Gasteiger partial charge in [-0.25, -0.2) is 19.7 Å². The summed E-state index contributed by atoms with van der Waals surface area (Å²) in [6, 6.07) is 1.88. The van der Waals surface area contributed by atoms with Gasteiger partial charge in [0.05, 0.1) is 30.1 Å². The number of carbonyl (C=O) groups excluding carboxylic acids is 2. The van der Waals surface area contributed by atoms with Crippen LogP contribution in [0.15, 0.2) is 24.0 Å². The van der Waals surface area contributed by atoms with Crippen LogP contribution in [-0.4, -0.2) is 69.6 Å². The number of fused-ring (bicyclic) bond motifs is 1. The number of anilines is 2. The first kappa shape index (κ1) is 22.0. The van der Waals surface area contributed by atoms with Gasteiger partial charge in [0, 0.05) is 31.7 Å². The van der Waals surface area contributed by atoms with Gasteiger partial charge >= 0.3 is 12.0 Å². The molecule has 0 saturated carbocycles. The number of esters is 1. The first-order valence-corrected chi connectivity index (χ1v) is 11.5. The van der Waals surface area contributed by atoms with Crippen LogP contribution >= 0.6 is 11.3 Å². The third-order valence-corrected chi connectivity index (χ3v) is 6.57. The smallest absolute Gasteiger partial charge is 0.323 e. The van der Waals surface area contributed by atoms with Crippen molar-refractivity contribution in [2.45, 2.75) is 32.7 Å². The number of nitrogens with zero attached hydrogens (tertiary/aromatic N) is 5. The Labute approximate surface area is 190 Å². The van der Waals surface area contributed by atoms with Gasteiger partial charge in [0.15, 0.2) is 5.13 Å². The maximum atomic E-state index is 12.9. The molecule has 0 spiro atoms. The lowest BCUT2D eigenvalue weighted by Crippen LogP contribution is -2.53. The van der Waals surface area contributed by atoms with Crippen LogP contribution in [0, 0.1) is 5.92 Å². The molecule has 2 unspecified atom stereocenters. The zero-order valence-electron chi connectivity index (χ0n) is 18.4. The molecule has 3 aromatic heterocycles. The minimum atomic E-state index is -0.326. The summed E-state index contributed by atoms with van der Waals surface area (Å²) in [4.78, 5) is 44.7. The van der Waals surface area contributed by atoms with E-state index >= 15 is 0 Å². The van der Waals surface area contributed by atoms with Crippen LogP contribution in [0.1, 0.15) is 26.0 Å². The second kappa shape index (κ2) is 9.51. The van der Waals surface area contributed by atoms with Gasteiger partial charge in [-0.1, -0.05) is 6.92 Å². The van der Waals surface area contributed by atoms with Crippen molar-refractivity contribution in [2.75, 3.05) is 37.0 Å². The monoisotopic (exact) mass is 457 g/mol. The minimum Gasteiger partial charge on any atom is -0.466 e. The van der Waals surface area contributed by atoms with Crippen molar-refractivity contribution in [3.05, 3.63) is 29.7 Å². The Kier molecular flexibility index (Phi) is 6.54. The van der Waals surface area contributed by atoms with Gasteiger partial charge in [0.25, 0.3) is 0 Å². The highest BCUT2D eigenvalue weighted by atomic mass is 32.1. The SMILES string of the molecule is CCOC(=O)Cc1csc(NC(=O)N2CCC(C)C(N(C)c3ncnc4[nH]ccc34)C2)n1. The highest BCUT2D eigenvalue weighted by Crippen LogP contribution is 2.29.